The summed E-state index contributed by atoms with van der Waals surface area (Å²) in [6.45, 7) is 6.93. The van der Waals surface area contributed by atoms with Gasteiger partial charge in [-0.15, -0.1) is 0 Å². The number of carbonyl (C=O) groups is 1. The van der Waals surface area contributed by atoms with E-state index in [-0.39, 0.29) is 11.6 Å². The molecule has 1 amide bonds. The van der Waals surface area contributed by atoms with Crippen LogP contribution in [-0.4, -0.2) is 61.1 Å². The van der Waals surface area contributed by atoms with Crippen LogP contribution in [0.4, 0.5) is 36.2 Å². The highest BCUT2D eigenvalue weighted by Gasteiger charge is 2.39. The number of aromatic nitrogens is 2. The fourth-order valence-corrected chi connectivity index (χ4v) is 3.93. The van der Waals surface area contributed by atoms with Gasteiger partial charge in [-0.3, -0.25) is 4.79 Å². The number of carbonyl (C=O) groups excluding carboxylic acids is 1. The lowest BCUT2D eigenvalue weighted by atomic mass is 10.0. The molecule has 4 rings (SSSR count). The van der Waals surface area contributed by atoms with Gasteiger partial charge < -0.3 is 25.2 Å². The molecule has 0 aliphatic carbocycles. The fraction of sp³-hybridized carbons (Fsp3) is 0.269. The standard InChI is InChI=1S/C26H27F3N6O2/c1-4-23(36)31-18-7-5-6-17(14-18)26(28,29)24-20(27)16-30-25(33-24)32-21-9-8-19(15-22(21)37-3)35-12-10-34(2)11-13-35/h4-9,14-16H,1,10-13H2,2-3H3,(H,31,36)(H,30,32,33). The second-order valence-corrected chi connectivity index (χ2v) is 8.54. The Kier molecular flexibility index (Phi) is 7.63. The van der Waals surface area contributed by atoms with Crippen LogP contribution in [0, 0.1) is 5.82 Å². The molecule has 2 aromatic carbocycles. The Labute approximate surface area is 212 Å². The highest BCUT2D eigenvalue weighted by Crippen LogP contribution is 2.38. The molecule has 8 nitrogen and oxygen atoms in total. The van der Waals surface area contributed by atoms with Gasteiger partial charge in [0, 0.05) is 49.2 Å². The van der Waals surface area contributed by atoms with Crippen molar-refractivity contribution in [1.82, 2.24) is 14.9 Å². The Balaban J connectivity index is 1.59. The second-order valence-electron chi connectivity index (χ2n) is 8.54. The zero-order valence-corrected chi connectivity index (χ0v) is 20.5. The van der Waals surface area contributed by atoms with E-state index in [2.05, 4.69) is 44.0 Å². The van der Waals surface area contributed by atoms with Gasteiger partial charge in [0.05, 0.1) is 19.0 Å². The van der Waals surface area contributed by atoms with Gasteiger partial charge in [-0.1, -0.05) is 18.7 Å². The largest absolute Gasteiger partial charge is 0.494 e. The maximum Gasteiger partial charge on any atom is 0.318 e. The van der Waals surface area contributed by atoms with Crippen molar-refractivity contribution >= 4 is 28.9 Å². The minimum absolute atomic E-state index is 0.111. The maximum atomic E-state index is 15.4. The number of amides is 1. The van der Waals surface area contributed by atoms with Crippen molar-refractivity contribution in [3.05, 3.63) is 78.4 Å². The van der Waals surface area contributed by atoms with Crippen LogP contribution in [-0.2, 0) is 10.7 Å². The monoisotopic (exact) mass is 512 g/mol. The summed E-state index contributed by atoms with van der Waals surface area (Å²) in [4.78, 5) is 23.6. The third kappa shape index (κ3) is 5.83. The number of ether oxygens (including phenoxy) is 1. The Bertz CT molecular complexity index is 1300. The molecule has 3 aromatic rings. The number of likely N-dealkylation sites (N-methyl/N-ethyl adjacent to an activating group) is 1. The van der Waals surface area contributed by atoms with E-state index >= 15 is 8.78 Å². The molecule has 2 N–H and O–H groups in total. The molecule has 11 heteroatoms. The van der Waals surface area contributed by atoms with Crippen molar-refractivity contribution in [2.75, 3.05) is 55.9 Å². The van der Waals surface area contributed by atoms with Crippen LogP contribution < -0.4 is 20.3 Å². The third-order valence-corrected chi connectivity index (χ3v) is 6.02. The Morgan fingerprint density at radius 1 is 1.16 bits per heavy atom. The van der Waals surface area contributed by atoms with Crippen molar-refractivity contribution < 1.29 is 22.7 Å². The minimum Gasteiger partial charge on any atom is -0.494 e. The molecule has 1 saturated heterocycles. The molecule has 0 atom stereocenters. The molecule has 2 heterocycles. The Morgan fingerprint density at radius 2 is 1.92 bits per heavy atom. The van der Waals surface area contributed by atoms with Crippen LogP contribution in [0.1, 0.15) is 11.3 Å². The number of anilines is 4. The average Bonchev–Trinajstić information content (AvgIpc) is 2.90. The van der Waals surface area contributed by atoms with E-state index in [0.717, 1.165) is 50.1 Å². The summed E-state index contributed by atoms with van der Waals surface area (Å²) < 4.78 is 50.8. The lowest BCUT2D eigenvalue weighted by Gasteiger charge is -2.34. The van der Waals surface area contributed by atoms with Crippen LogP contribution in [0.15, 0.2) is 61.3 Å². The van der Waals surface area contributed by atoms with Gasteiger partial charge in [0.15, 0.2) is 11.5 Å². The first kappa shape index (κ1) is 26.0. The number of nitrogens with one attached hydrogen (secondary N) is 2. The molecule has 1 fully saturated rings. The van der Waals surface area contributed by atoms with E-state index < -0.39 is 28.9 Å². The molecule has 1 aliphatic rings. The number of hydrogen-bond donors (Lipinski definition) is 2. The van der Waals surface area contributed by atoms with Crippen molar-refractivity contribution in [2.45, 2.75) is 5.92 Å². The van der Waals surface area contributed by atoms with E-state index in [0.29, 0.717) is 17.6 Å². The molecule has 0 radical (unpaired) electrons. The zero-order chi connectivity index (χ0) is 26.6. The van der Waals surface area contributed by atoms with E-state index in [1.807, 2.05) is 12.1 Å². The molecule has 0 bridgehead atoms. The summed E-state index contributed by atoms with van der Waals surface area (Å²) in [5, 5.41) is 5.26. The van der Waals surface area contributed by atoms with E-state index in [9.17, 15) is 9.18 Å². The number of methoxy groups -OCH3 is 1. The Morgan fingerprint density at radius 3 is 2.62 bits per heavy atom. The lowest BCUT2D eigenvalue weighted by Crippen LogP contribution is -2.44. The summed E-state index contributed by atoms with van der Waals surface area (Å²) in [6.07, 6.45) is 1.70. The Hall–Kier alpha value is -4.12. The number of nitrogens with zero attached hydrogens (tertiary/aromatic N) is 4. The summed E-state index contributed by atoms with van der Waals surface area (Å²) in [7, 11) is 3.57. The summed E-state index contributed by atoms with van der Waals surface area (Å²) in [6, 6.07) is 10.4. The summed E-state index contributed by atoms with van der Waals surface area (Å²) >= 11 is 0. The van der Waals surface area contributed by atoms with Crippen LogP contribution in [0.5, 0.6) is 5.75 Å². The van der Waals surface area contributed by atoms with Gasteiger partial charge in [-0.2, -0.15) is 8.78 Å². The van der Waals surface area contributed by atoms with Crippen molar-refractivity contribution in [2.24, 2.45) is 0 Å². The highest BCUT2D eigenvalue weighted by atomic mass is 19.3. The van der Waals surface area contributed by atoms with Crippen LogP contribution >= 0.6 is 0 Å². The predicted molar refractivity (Wildman–Crippen MR) is 136 cm³/mol. The SMILES string of the molecule is C=CC(=O)Nc1cccc(C(F)(F)c2nc(Nc3ccc(N4CCN(C)CC4)cc3OC)ncc2F)c1. The first-order valence-corrected chi connectivity index (χ1v) is 11.5. The number of benzene rings is 2. The van der Waals surface area contributed by atoms with E-state index in [4.69, 9.17) is 4.74 Å². The van der Waals surface area contributed by atoms with Crippen LogP contribution in [0.3, 0.4) is 0 Å². The van der Waals surface area contributed by atoms with Gasteiger partial charge in [0.25, 0.3) is 0 Å². The first-order chi connectivity index (χ1) is 17.7. The number of alkyl halides is 2. The highest BCUT2D eigenvalue weighted by molar-refractivity contribution is 5.98. The van der Waals surface area contributed by atoms with Crippen LogP contribution in [0.2, 0.25) is 0 Å². The van der Waals surface area contributed by atoms with Crippen LogP contribution in [0.25, 0.3) is 0 Å². The predicted octanol–water partition coefficient (Wildman–Crippen LogP) is 4.38. The second kappa shape index (κ2) is 10.9. The van der Waals surface area contributed by atoms with E-state index in [1.165, 1.54) is 19.2 Å². The molecule has 0 unspecified atom stereocenters. The van der Waals surface area contributed by atoms with Gasteiger partial charge in [-0.05, 0) is 37.4 Å². The molecule has 37 heavy (non-hydrogen) atoms. The van der Waals surface area contributed by atoms with Crippen molar-refractivity contribution in [3.8, 4) is 5.75 Å². The van der Waals surface area contributed by atoms with Crippen molar-refractivity contribution in [1.29, 1.82) is 0 Å². The first-order valence-electron chi connectivity index (χ1n) is 11.5. The van der Waals surface area contributed by atoms with Gasteiger partial charge in [0.2, 0.25) is 11.9 Å². The number of piperazine rings is 1. The summed E-state index contributed by atoms with van der Waals surface area (Å²) in [5.74, 6) is -5.41. The smallest absolute Gasteiger partial charge is 0.318 e. The quantitative estimate of drug-likeness (QED) is 0.434. The molecule has 194 valence electrons. The molecule has 0 spiro atoms. The third-order valence-electron chi connectivity index (χ3n) is 6.02. The molecule has 0 saturated carbocycles. The lowest BCUT2D eigenvalue weighted by molar-refractivity contribution is -0.111. The fourth-order valence-electron chi connectivity index (χ4n) is 3.93. The van der Waals surface area contributed by atoms with Gasteiger partial charge in [-0.25, -0.2) is 14.4 Å². The molecular weight excluding hydrogens is 485 g/mol. The van der Waals surface area contributed by atoms with Gasteiger partial charge in [0.1, 0.15) is 5.75 Å². The molecule has 1 aromatic heterocycles. The molecular formula is C26H27F3N6O2. The number of hydrogen-bond acceptors (Lipinski definition) is 7. The summed E-state index contributed by atoms with van der Waals surface area (Å²) in [5.41, 5.74) is -0.140. The van der Waals surface area contributed by atoms with Crippen molar-refractivity contribution in [3.63, 3.8) is 0 Å². The number of halogens is 3. The normalized spacial score (nSPS) is 14.2. The van der Waals surface area contributed by atoms with E-state index in [1.54, 1.807) is 6.07 Å². The average molecular weight is 513 g/mol. The topological polar surface area (TPSA) is 82.6 Å². The molecule has 1 aliphatic heterocycles. The van der Waals surface area contributed by atoms with Gasteiger partial charge >= 0.3 is 5.92 Å². The maximum absolute atomic E-state index is 15.4. The minimum atomic E-state index is -3.81. The zero-order valence-electron chi connectivity index (χ0n) is 20.5. The number of rotatable bonds is 8.